The topological polar surface area (TPSA) is 29.1 Å². The Balaban J connectivity index is 2.65. The van der Waals surface area contributed by atoms with Gasteiger partial charge in [-0.3, -0.25) is 4.79 Å². The van der Waals surface area contributed by atoms with E-state index < -0.39 is 0 Å². The predicted octanol–water partition coefficient (Wildman–Crippen LogP) is 2.38. The molecule has 0 aliphatic carbocycles. The van der Waals surface area contributed by atoms with Crippen molar-refractivity contribution in [1.29, 1.82) is 0 Å². The average molecular weight is 197 g/mol. The van der Waals surface area contributed by atoms with Crippen molar-refractivity contribution >= 4 is 5.78 Å². The van der Waals surface area contributed by atoms with E-state index in [0.29, 0.717) is 11.8 Å². The van der Waals surface area contributed by atoms with Crippen LogP contribution in [0.15, 0.2) is 0 Å². The van der Waals surface area contributed by atoms with Crippen molar-refractivity contribution in [1.82, 2.24) is 5.32 Å². The van der Waals surface area contributed by atoms with Gasteiger partial charge in [0.25, 0.3) is 0 Å². The Labute approximate surface area is 87.5 Å². The lowest BCUT2D eigenvalue weighted by molar-refractivity contribution is -0.131. The molecule has 2 nitrogen and oxygen atoms in total. The highest BCUT2D eigenvalue weighted by atomic mass is 16.1. The molecule has 82 valence electrons. The minimum atomic E-state index is -0.190. The second-order valence-corrected chi connectivity index (χ2v) is 5.33. The molecule has 0 amide bonds. The molecule has 0 saturated carbocycles. The number of hydrogen-bond acceptors (Lipinski definition) is 2. The normalized spacial score (nSPS) is 25.0. The second kappa shape index (κ2) is 4.43. The van der Waals surface area contributed by atoms with Crippen molar-refractivity contribution in [3.63, 3.8) is 0 Å². The standard InChI is InChI=1S/C12H23NO/c1-5-9(10-7-6-8-13-10)11(14)12(2,3)4/h9-10,13H,5-8H2,1-4H3. The predicted molar refractivity (Wildman–Crippen MR) is 59.3 cm³/mol. The first-order valence-corrected chi connectivity index (χ1v) is 5.74. The molecule has 1 aliphatic heterocycles. The molecule has 1 saturated heterocycles. The Morgan fingerprint density at radius 2 is 2.14 bits per heavy atom. The van der Waals surface area contributed by atoms with Gasteiger partial charge in [0.2, 0.25) is 0 Å². The summed E-state index contributed by atoms with van der Waals surface area (Å²) >= 11 is 0. The van der Waals surface area contributed by atoms with E-state index in [1.807, 2.05) is 20.8 Å². The Morgan fingerprint density at radius 3 is 2.50 bits per heavy atom. The molecule has 0 radical (unpaired) electrons. The highest BCUT2D eigenvalue weighted by molar-refractivity contribution is 5.86. The molecule has 1 aliphatic rings. The van der Waals surface area contributed by atoms with Gasteiger partial charge in [0.05, 0.1) is 0 Å². The fraction of sp³-hybridized carbons (Fsp3) is 0.917. The van der Waals surface area contributed by atoms with Gasteiger partial charge in [-0.2, -0.15) is 0 Å². The lowest BCUT2D eigenvalue weighted by atomic mass is 9.78. The first kappa shape index (κ1) is 11.7. The van der Waals surface area contributed by atoms with Gasteiger partial charge < -0.3 is 5.32 Å². The summed E-state index contributed by atoms with van der Waals surface area (Å²) in [5, 5.41) is 3.44. The Hall–Kier alpha value is -0.370. The SMILES string of the molecule is CCC(C(=O)C(C)(C)C)C1CCCN1. The van der Waals surface area contributed by atoms with Gasteiger partial charge in [-0.25, -0.2) is 0 Å². The lowest BCUT2D eigenvalue weighted by Gasteiger charge is -2.28. The smallest absolute Gasteiger partial charge is 0.142 e. The van der Waals surface area contributed by atoms with Crippen LogP contribution in [0.5, 0.6) is 0 Å². The summed E-state index contributed by atoms with van der Waals surface area (Å²) in [6.45, 7) is 9.26. The van der Waals surface area contributed by atoms with E-state index in [0.717, 1.165) is 13.0 Å². The van der Waals surface area contributed by atoms with Crippen LogP contribution in [0.2, 0.25) is 0 Å². The van der Waals surface area contributed by atoms with Crippen LogP contribution in [0.25, 0.3) is 0 Å². The zero-order valence-electron chi connectivity index (χ0n) is 9.89. The van der Waals surface area contributed by atoms with Gasteiger partial charge in [-0.05, 0) is 25.8 Å². The lowest BCUT2D eigenvalue weighted by Crippen LogP contribution is -2.40. The van der Waals surface area contributed by atoms with Crippen LogP contribution in [0.1, 0.15) is 47.0 Å². The van der Waals surface area contributed by atoms with Gasteiger partial charge in [-0.15, -0.1) is 0 Å². The summed E-state index contributed by atoms with van der Waals surface area (Å²) in [4.78, 5) is 12.1. The van der Waals surface area contributed by atoms with Crippen molar-refractivity contribution in [3.8, 4) is 0 Å². The van der Waals surface area contributed by atoms with E-state index in [2.05, 4.69) is 12.2 Å². The summed E-state index contributed by atoms with van der Waals surface area (Å²) < 4.78 is 0. The monoisotopic (exact) mass is 197 g/mol. The van der Waals surface area contributed by atoms with Crippen molar-refractivity contribution in [2.45, 2.75) is 53.0 Å². The molecule has 0 aromatic carbocycles. The molecule has 0 bridgehead atoms. The largest absolute Gasteiger partial charge is 0.313 e. The average Bonchev–Trinajstić information content (AvgIpc) is 2.57. The number of hydrogen-bond donors (Lipinski definition) is 1. The molecule has 14 heavy (non-hydrogen) atoms. The maximum atomic E-state index is 12.1. The van der Waals surface area contributed by atoms with Crippen LogP contribution in [0, 0.1) is 11.3 Å². The van der Waals surface area contributed by atoms with Gasteiger partial charge in [0.15, 0.2) is 0 Å². The summed E-state index contributed by atoms with van der Waals surface area (Å²) in [5.74, 6) is 0.636. The van der Waals surface area contributed by atoms with E-state index in [1.165, 1.54) is 12.8 Å². The Morgan fingerprint density at radius 1 is 1.50 bits per heavy atom. The maximum Gasteiger partial charge on any atom is 0.142 e. The number of carbonyl (C=O) groups excluding carboxylic acids is 1. The zero-order chi connectivity index (χ0) is 10.8. The van der Waals surface area contributed by atoms with Gasteiger partial charge >= 0.3 is 0 Å². The van der Waals surface area contributed by atoms with E-state index in [-0.39, 0.29) is 11.3 Å². The second-order valence-electron chi connectivity index (χ2n) is 5.33. The first-order chi connectivity index (χ1) is 6.46. The summed E-state index contributed by atoms with van der Waals surface area (Å²) in [5.41, 5.74) is -0.190. The van der Waals surface area contributed by atoms with E-state index in [9.17, 15) is 4.79 Å². The van der Waals surface area contributed by atoms with Crippen molar-refractivity contribution in [2.24, 2.45) is 11.3 Å². The fourth-order valence-electron chi connectivity index (χ4n) is 2.26. The fourth-order valence-corrected chi connectivity index (χ4v) is 2.26. The van der Waals surface area contributed by atoms with Gasteiger partial charge in [-0.1, -0.05) is 27.7 Å². The number of ketones is 1. The van der Waals surface area contributed by atoms with Crippen LogP contribution in [0.4, 0.5) is 0 Å². The summed E-state index contributed by atoms with van der Waals surface area (Å²) in [6, 6.07) is 0.437. The summed E-state index contributed by atoms with van der Waals surface area (Å²) in [7, 11) is 0. The van der Waals surface area contributed by atoms with Crippen LogP contribution in [-0.2, 0) is 4.79 Å². The molecule has 1 fully saturated rings. The van der Waals surface area contributed by atoms with Gasteiger partial charge in [0.1, 0.15) is 5.78 Å². The molecular weight excluding hydrogens is 174 g/mol. The van der Waals surface area contributed by atoms with Gasteiger partial charge in [0, 0.05) is 17.4 Å². The minimum absolute atomic E-state index is 0.190. The molecule has 1 heterocycles. The first-order valence-electron chi connectivity index (χ1n) is 5.74. The van der Waals surface area contributed by atoms with Crippen LogP contribution in [-0.4, -0.2) is 18.4 Å². The van der Waals surface area contributed by atoms with Crippen molar-refractivity contribution in [2.75, 3.05) is 6.54 Å². The van der Waals surface area contributed by atoms with E-state index in [1.54, 1.807) is 0 Å². The zero-order valence-corrected chi connectivity index (χ0v) is 9.89. The number of carbonyl (C=O) groups is 1. The third-order valence-electron chi connectivity index (χ3n) is 3.10. The minimum Gasteiger partial charge on any atom is -0.313 e. The third-order valence-corrected chi connectivity index (χ3v) is 3.10. The molecule has 1 N–H and O–H groups in total. The Kier molecular flexibility index (Phi) is 3.71. The van der Waals surface area contributed by atoms with Crippen molar-refractivity contribution in [3.05, 3.63) is 0 Å². The molecule has 2 unspecified atom stereocenters. The molecule has 2 atom stereocenters. The third kappa shape index (κ3) is 2.57. The van der Waals surface area contributed by atoms with E-state index >= 15 is 0 Å². The molecule has 0 aromatic rings. The number of nitrogens with one attached hydrogen (secondary N) is 1. The van der Waals surface area contributed by atoms with Crippen LogP contribution >= 0.6 is 0 Å². The molecular formula is C12H23NO. The highest BCUT2D eigenvalue weighted by Crippen LogP contribution is 2.27. The molecule has 0 spiro atoms. The van der Waals surface area contributed by atoms with Crippen molar-refractivity contribution < 1.29 is 4.79 Å². The highest BCUT2D eigenvalue weighted by Gasteiger charge is 2.34. The van der Waals surface area contributed by atoms with Crippen LogP contribution < -0.4 is 5.32 Å². The van der Waals surface area contributed by atoms with E-state index in [4.69, 9.17) is 0 Å². The quantitative estimate of drug-likeness (QED) is 0.752. The molecule has 1 rings (SSSR count). The molecule has 0 aromatic heterocycles. The molecule has 2 heteroatoms. The number of rotatable bonds is 3. The number of Topliss-reactive ketones (excluding diaryl/α,β-unsaturated/α-hetero) is 1. The Bertz CT molecular complexity index is 199. The summed E-state index contributed by atoms with van der Waals surface area (Å²) in [6.07, 6.45) is 3.35. The van der Waals surface area contributed by atoms with Crippen LogP contribution in [0.3, 0.4) is 0 Å². The maximum absolute atomic E-state index is 12.1.